The van der Waals surface area contributed by atoms with Gasteiger partial charge in [-0.05, 0) is 99.9 Å². The van der Waals surface area contributed by atoms with E-state index in [-0.39, 0.29) is 0 Å². The summed E-state index contributed by atoms with van der Waals surface area (Å²) in [4.78, 5) is 42.0. The number of aryl methyl sites for hydroxylation is 8. The third kappa shape index (κ3) is 9.24. The van der Waals surface area contributed by atoms with Gasteiger partial charge >= 0.3 is 0 Å². The Hall–Kier alpha value is -9.92. The topological polar surface area (TPSA) is 109 Å². The Bertz CT molecular complexity index is 3880. The van der Waals surface area contributed by atoms with Gasteiger partial charge in [-0.15, -0.1) is 0 Å². The van der Waals surface area contributed by atoms with Gasteiger partial charge in [-0.25, -0.2) is 29.9 Å². The molecule has 11 aromatic rings. The van der Waals surface area contributed by atoms with Crippen LogP contribution >= 0.6 is 0 Å². The Morgan fingerprint density at radius 3 is 0.500 bits per heavy atom. The lowest BCUT2D eigenvalue weighted by Crippen LogP contribution is -1.95. The van der Waals surface area contributed by atoms with Gasteiger partial charge in [0.05, 0.1) is 0 Å². The van der Waals surface area contributed by atoms with E-state index >= 15 is 0 Å². The van der Waals surface area contributed by atoms with Gasteiger partial charge in [0.2, 0.25) is 0 Å². The maximum absolute atomic E-state index is 5.77. The summed E-state index contributed by atoms with van der Waals surface area (Å²) in [5.41, 5.74) is 26.3. The van der Waals surface area contributed by atoms with E-state index in [0.717, 1.165) is 134 Å². The van der Waals surface area contributed by atoms with Crippen LogP contribution in [0.3, 0.4) is 0 Å². The monoisotopic (exact) mass is 1030 g/mol. The van der Waals surface area contributed by atoms with Crippen LogP contribution in [0.1, 0.15) is 90.1 Å². The number of benzene rings is 8. The Morgan fingerprint density at radius 2 is 0.338 bits per heavy atom. The standard InChI is InChI=1S/C72H58N8/c1-41-9-25-49(26-10-41)57-58(50-27-11-42(2)12-28-50)66-73-65(57)77-67-59(51-29-13-43(3)14-30-51)60(52-31-15-44(4)16-32-52)69(74-67)79-71-63(55-37-21-47(7)22-38-55)64(56-39-23-48(8)24-40-56)72(76-71)80-70-62(54-35-19-46(6)20-36-54)61(68(75-70)78-66)53-33-17-45(5)18-34-53/h9-40H,1-8H3,(H2,73,74,75,76,77,78,79,80). The van der Waals surface area contributed by atoms with Crippen molar-refractivity contribution < 1.29 is 0 Å². The van der Waals surface area contributed by atoms with Crippen LogP contribution in [0, 0.1) is 55.4 Å². The summed E-state index contributed by atoms with van der Waals surface area (Å²) in [5, 5.41) is 0. The molecule has 386 valence electrons. The van der Waals surface area contributed by atoms with E-state index in [1.165, 1.54) is 0 Å². The number of H-pyrrole nitrogens is 2. The predicted octanol–water partition coefficient (Wildman–Crippen LogP) is 17.0. The molecule has 2 aliphatic heterocycles. The van der Waals surface area contributed by atoms with Crippen molar-refractivity contribution in [1.29, 1.82) is 0 Å². The van der Waals surface area contributed by atoms with E-state index in [2.05, 4.69) is 259 Å². The molecule has 0 saturated carbocycles. The SMILES string of the molecule is Cc1ccc(C2=C(c3ccc(C)cc3)c3nc2nc2[nH]c(nc4nc(nc5[nH]c(n3)c(-c3ccc(C)cc3)c5-c3ccc(C)cc3)C(c3ccc(C)cc3)=C4c3ccc(C)cc3)c(-c3ccc(C)cc3)c2-c2ccc(C)cc2)cc1. The minimum atomic E-state index is 0.509. The minimum absolute atomic E-state index is 0.509. The first kappa shape index (κ1) is 49.6. The molecule has 8 bridgehead atoms. The number of nitrogens with one attached hydrogen (secondary N) is 2. The van der Waals surface area contributed by atoms with Gasteiger partial charge in [0.15, 0.2) is 23.3 Å². The molecule has 0 spiro atoms. The number of aromatic amines is 2. The Labute approximate surface area is 466 Å². The summed E-state index contributed by atoms with van der Waals surface area (Å²) in [6.07, 6.45) is 0. The number of hydrogen-bond donors (Lipinski definition) is 2. The molecule has 0 saturated heterocycles. The van der Waals surface area contributed by atoms with E-state index in [9.17, 15) is 0 Å². The smallest absolute Gasteiger partial charge is 0.165 e. The zero-order valence-electron chi connectivity index (χ0n) is 46.2. The molecule has 0 radical (unpaired) electrons. The van der Waals surface area contributed by atoms with Crippen LogP contribution in [0.4, 0.5) is 0 Å². The second kappa shape index (κ2) is 20.1. The molecule has 8 heteroatoms. The van der Waals surface area contributed by atoms with Crippen LogP contribution in [0.5, 0.6) is 0 Å². The summed E-state index contributed by atoms with van der Waals surface area (Å²) in [6, 6.07) is 69.1. The number of fused-ring (bicyclic) bond motifs is 8. The molecule has 3 aromatic heterocycles. The van der Waals surface area contributed by atoms with E-state index < -0.39 is 0 Å². The molecule has 0 amide bonds. The molecular formula is C72H58N8. The van der Waals surface area contributed by atoms with Crippen molar-refractivity contribution in [2.45, 2.75) is 55.4 Å². The van der Waals surface area contributed by atoms with Crippen molar-refractivity contribution >= 4 is 44.9 Å². The minimum Gasteiger partial charge on any atom is -0.324 e. The molecular weight excluding hydrogens is 977 g/mol. The lowest BCUT2D eigenvalue weighted by Gasteiger charge is -2.10. The van der Waals surface area contributed by atoms with Gasteiger partial charge in [-0.3, -0.25) is 0 Å². The van der Waals surface area contributed by atoms with Crippen molar-refractivity contribution in [2.75, 3.05) is 0 Å². The normalized spacial score (nSPS) is 12.4. The average Bonchev–Trinajstić information content (AvgIpc) is 4.24. The molecule has 0 aliphatic carbocycles. The fourth-order valence-electron chi connectivity index (χ4n) is 10.9. The van der Waals surface area contributed by atoms with Gasteiger partial charge in [-0.1, -0.05) is 239 Å². The molecule has 0 atom stereocenters. The second-order valence-corrected chi connectivity index (χ2v) is 21.5. The maximum Gasteiger partial charge on any atom is 0.165 e. The highest BCUT2D eigenvalue weighted by molar-refractivity contribution is 6.08. The van der Waals surface area contributed by atoms with Crippen molar-refractivity contribution in [3.63, 3.8) is 0 Å². The highest BCUT2D eigenvalue weighted by Crippen LogP contribution is 2.45. The van der Waals surface area contributed by atoms with Gasteiger partial charge in [-0.2, -0.15) is 0 Å². The van der Waals surface area contributed by atoms with Crippen LogP contribution < -0.4 is 0 Å². The molecule has 8 nitrogen and oxygen atoms in total. The Kier molecular flexibility index (Phi) is 12.5. The van der Waals surface area contributed by atoms with Crippen LogP contribution in [0.25, 0.3) is 89.4 Å². The molecule has 80 heavy (non-hydrogen) atoms. The molecule has 2 N–H and O–H groups in total. The average molecular weight is 1040 g/mol. The van der Waals surface area contributed by atoms with E-state index in [4.69, 9.17) is 29.9 Å². The van der Waals surface area contributed by atoms with Crippen LogP contribution in [0.2, 0.25) is 0 Å². The first-order valence-electron chi connectivity index (χ1n) is 27.3. The van der Waals surface area contributed by atoms with Gasteiger partial charge < -0.3 is 9.97 Å². The highest BCUT2D eigenvalue weighted by atomic mass is 15.1. The third-order valence-electron chi connectivity index (χ3n) is 15.3. The molecule has 5 heterocycles. The summed E-state index contributed by atoms with van der Waals surface area (Å²) in [6.45, 7) is 16.9. The number of rotatable bonds is 8. The zero-order valence-corrected chi connectivity index (χ0v) is 46.2. The number of aromatic nitrogens is 8. The van der Waals surface area contributed by atoms with E-state index in [0.29, 0.717) is 45.9 Å². The molecule has 8 aromatic carbocycles. The van der Waals surface area contributed by atoms with Crippen molar-refractivity contribution in [3.8, 4) is 44.5 Å². The predicted molar refractivity (Wildman–Crippen MR) is 328 cm³/mol. The first-order chi connectivity index (χ1) is 38.9. The Morgan fingerprint density at radius 1 is 0.188 bits per heavy atom. The van der Waals surface area contributed by atoms with Crippen molar-refractivity contribution in [3.05, 3.63) is 284 Å². The number of nitrogens with zero attached hydrogens (tertiary/aromatic N) is 6. The van der Waals surface area contributed by atoms with Gasteiger partial charge in [0, 0.05) is 44.5 Å². The fraction of sp³-hybridized carbons (Fsp3) is 0.111. The van der Waals surface area contributed by atoms with Gasteiger partial charge in [0.25, 0.3) is 0 Å². The highest BCUT2D eigenvalue weighted by Gasteiger charge is 2.31. The molecule has 13 rings (SSSR count). The fourth-order valence-corrected chi connectivity index (χ4v) is 10.9. The van der Waals surface area contributed by atoms with Crippen LogP contribution in [-0.2, 0) is 0 Å². The lowest BCUT2D eigenvalue weighted by molar-refractivity contribution is 1.10. The maximum atomic E-state index is 5.77. The van der Waals surface area contributed by atoms with Crippen molar-refractivity contribution in [2.24, 2.45) is 0 Å². The van der Waals surface area contributed by atoms with Crippen LogP contribution in [0.15, 0.2) is 194 Å². The van der Waals surface area contributed by atoms with E-state index in [1.807, 2.05) is 0 Å². The van der Waals surface area contributed by atoms with Crippen LogP contribution in [-0.4, -0.2) is 39.9 Å². The largest absolute Gasteiger partial charge is 0.324 e. The molecule has 0 fully saturated rings. The summed E-state index contributed by atoms with van der Waals surface area (Å²) >= 11 is 0. The summed E-state index contributed by atoms with van der Waals surface area (Å²) in [5.74, 6) is 2.04. The number of hydrogen-bond acceptors (Lipinski definition) is 6. The first-order valence-corrected chi connectivity index (χ1v) is 27.3. The summed E-state index contributed by atoms with van der Waals surface area (Å²) in [7, 11) is 0. The third-order valence-corrected chi connectivity index (χ3v) is 15.3. The Balaban J connectivity index is 1.29. The second-order valence-electron chi connectivity index (χ2n) is 21.5. The molecule has 2 aliphatic rings. The van der Waals surface area contributed by atoms with Gasteiger partial charge in [0.1, 0.15) is 22.6 Å². The van der Waals surface area contributed by atoms with E-state index in [1.54, 1.807) is 0 Å². The van der Waals surface area contributed by atoms with Crippen molar-refractivity contribution in [1.82, 2.24) is 39.9 Å². The summed E-state index contributed by atoms with van der Waals surface area (Å²) < 4.78 is 0. The molecule has 0 unspecified atom stereocenters. The quantitative estimate of drug-likeness (QED) is 0.157. The zero-order chi connectivity index (χ0) is 54.8. The lowest BCUT2D eigenvalue weighted by atomic mass is 9.94.